The van der Waals surface area contributed by atoms with E-state index in [-0.39, 0.29) is 6.03 Å². The molecule has 0 bridgehead atoms. The molecule has 30 heavy (non-hydrogen) atoms. The predicted molar refractivity (Wildman–Crippen MR) is 120 cm³/mol. The van der Waals surface area contributed by atoms with Crippen LogP contribution < -0.4 is 10.6 Å². The van der Waals surface area contributed by atoms with Crippen molar-refractivity contribution < 1.29 is 13.2 Å². The maximum Gasteiger partial charge on any atom is 0.319 e. The number of rotatable bonds is 6. The molecule has 0 radical (unpaired) electrons. The minimum absolute atomic E-state index is 0.264. The summed E-state index contributed by atoms with van der Waals surface area (Å²) in [7, 11) is -3.44. The fraction of sp³-hybridized carbons (Fsp3) is 0.409. The number of sulfonamides is 1. The summed E-state index contributed by atoms with van der Waals surface area (Å²) in [4.78, 5) is 12.5. The van der Waals surface area contributed by atoms with Crippen LogP contribution in [0.2, 0.25) is 5.02 Å². The highest BCUT2D eigenvalue weighted by Gasteiger charge is 2.29. The van der Waals surface area contributed by atoms with E-state index in [1.165, 1.54) is 0 Å². The summed E-state index contributed by atoms with van der Waals surface area (Å²) in [5.74, 6) is 0.391. The summed E-state index contributed by atoms with van der Waals surface area (Å²) in [6.07, 6.45) is 2.41. The molecule has 0 aromatic heterocycles. The predicted octanol–water partition coefficient (Wildman–Crippen LogP) is 4.57. The van der Waals surface area contributed by atoms with E-state index >= 15 is 0 Å². The van der Waals surface area contributed by atoms with Crippen molar-refractivity contribution in [2.24, 2.45) is 5.92 Å². The molecule has 2 aromatic carbocycles. The minimum atomic E-state index is -3.44. The maximum absolute atomic E-state index is 12.8. The van der Waals surface area contributed by atoms with E-state index < -0.39 is 10.0 Å². The summed E-state index contributed by atoms with van der Waals surface area (Å²) in [6, 6.07) is 12.1. The normalized spacial score (nSPS) is 15.7. The van der Waals surface area contributed by atoms with Gasteiger partial charge in [-0.25, -0.2) is 13.2 Å². The molecule has 2 aromatic rings. The number of benzene rings is 2. The lowest BCUT2D eigenvalue weighted by Gasteiger charge is -2.31. The van der Waals surface area contributed by atoms with Crippen LogP contribution in [0.25, 0.3) is 0 Å². The van der Waals surface area contributed by atoms with Gasteiger partial charge in [0.15, 0.2) is 0 Å². The number of hydrogen-bond donors (Lipinski definition) is 2. The average Bonchev–Trinajstić information content (AvgIpc) is 2.71. The summed E-state index contributed by atoms with van der Waals surface area (Å²) in [6.45, 7) is 5.40. The molecule has 0 unspecified atom stereocenters. The van der Waals surface area contributed by atoms with Crippen molar-refractivity contribution in [1.29, 1.82) is 0 Å². The second-order valence-electron chi connectivity index (χ2n) is 7.79. The maximum atomic E-state index is 12.8. The first-order valence-corrected chi connectivity index (χ1v) is 12.0. The van der Waals surface area contributed by atoms with Gasteiger partial charge in [-0.3, -0.25) is 0 Å². The third-order valence-corrected chi connectivity index (χ3v) is 7.67. The van der Waals surface area contributed by atoms with Crippen molar-refractivity contribution in [3.8, 4) is 0 Å². The largest absolute Gasteiger partial charge is 0.338 e. The van der Waals surface area contributed by atoms with E-state index in [0.717, 1.165) is 30.4 Å². The summed E-state index contributed by atoms with van der Waals surface area (Å²) in [5, 5.41) is 6.26. The van der Waals surface area contributed by atoms with Gasteiger partial charge < -0.3 is 10.6 Å². The molecule has 0 spiro atoms. The van der Waals surface area contributed by atoms with Gasteiger partial charge in [-0.1, -0.05) is 35.4 Å². The molecule has 1 fully saturated rings. The smallest absolute Gasteiger partial charge is 0.319 e. The van der Waals surface area contributed by atoms with Crippen molar-refractivity contribution in [2.75, 3.05) is 25.0 Å². The van der Waals surface area contributed by atoms with Crippen LogP contribution in [-0.4, -0.2) is 38.4 Å². The molecular formula is C22H28ClN3O3S. The number of aryl methyl sites for hydroxylation is 2. The first-order valence-electron chi connectivity index (χ1n) is 10.1. The van der Waals surface area contributed by atoms with Crippen LogP contribution in [0.4, 0.5) is 10.5 Å². The number of carbonyl (C=O) groups is 1. The first kappa shape index (κ1) is 22.6. The van der Waals surface area contributed by atoms with Crippen LogP contribution in [0, 0.1) is 19.8 Å². The lowest BCUT2D eigenvalue weighted by atomic mass is 9.95. The molecule has 0 aliphatic carbocycles. The molecule has 1 aliphatic heterocycles. The average molecular weight is 450 g/mol. The monoisotopic (exact) mass is 449 g/mol. The molecule has 2 amide bonds. The standard InChI is InChI=1S/C22H28ClN3O3S/c1-16-3-7-20(8-4-16)30(28,29)26-13-10-18(11-14-26)9-12-24-22(27)25-21-15-19(23)6-5-17(21)2/h3-8,15,18H,9-14H2,1-2H3,(H2,24,25,27). The second kappa shape index (κ2) is 9.81. The zero-order chi connectivity index (χ0) is 21.7. The van der Waals surface area contributed by atoms with E-state index in [1.807, 2.05) is 32.0 Å². The van der Waals surface area contributed by atoms with Crippen LogP contribution >= 0.6 is 11.6 Å². The van der Waals surface area contributed by atoms with Crippen molar-refractivity contribution >= 4 is 33.3 Å². The third-order valence-electron chi connectivity index (χ3n) is 5.52. The Kier molecular flexibility index (Phi) is 7.39. The molecule has 6 nitrogen and oxygen atoms in total. The highest BCUT2D eigenvalue weighted by atomic mass is 35.5. The van der Waals surface area contributed by atoms with E-state index in [9.17, 15) is 13.2 Å². The fourth-order valence-electron chi connectivity index (χ4n) is 3.58. The van der Waals surface area contributed by atoms with E-state index in [4.69, 9.17) is 11.6 Å². The van der Waals surface area contributed by atoms with Crippen molar-refractivity contribution in [2.45, 2.75) is 38.0 Å². The van der Waals surface area contributed by atoms with Gasteiger partial charge in [0.2, 0.25) is 10.0 Å². The lowest BCUT2D eigenvalue weighted by molar-refractivity contribution is 0.245. The Balaban J connectivity index is 1.43. The van der Waals surface area contributed by atoms with Gasteiger partial charge in [0.1, 0.15) is 0 Å². The Morgan fingerprint density at radius 3 is 2.43 bits per heavy atom. The number of halogens is 1. The highest BCUT2D eigenvalue weighted by Crippen LogP contribution is 2.25. The van der Waals surface area contributed by atoms with Crippen LogP contribution in [0.3, 0.4) is 0 Å². The van der Waals surface area contributed by atoms with E-state index in [2.05, 4.69) is 10.6 Å². The number of nitrogens with one attached hydrogen (secondary N) is 2. The Bertz CT molecular complexity index is 985. The molecule has 3 rings (SSSR count). The molecule has 1 aliphatic rings. The Labute approximate surface area is 183 Å². The third kappa shape index (κ3) is 5.74. The van der Waals surface area contributed by atoms with Gasteiger partial charge in [-0.2, -0.15) is 4.31 Å². The van der Waals surface area contributed by atoms with Gasteiger partial charge >= 0.3 is 6.03 Å². The van der Waals surface area contributed by atoms with Crippen molar-refractivity contribution in [3.05, 3.63) is 58.6 Å². The lowest BCUT2D eigenvalue weighted by Crippen LogP contribution is -2.39. The Morgan fingerprint density at radius 1 is 1.10 bits per heavy atom. The van der Waals surface area contributed by atoms with Gasteiger partial charge in [-0.05, 0) is 68.9 Å². The molecule has 162 valence electrons. The molecule has 2 N–H and O–H groups in total. The number of urea groups is 1. The van der Waals surface area contributed by atoms with E-state index in [0.29, 0.717) is 41.2 Å². The van der Waals surface area contributed by atoms with Gasteiger partial charge in [0, 0.05) is 30.3 Å². The first-order chi connectivity index (χ1) is 14.3. The number of amides is 2. The van der Waals surface area contributed by atoms with Crippen LogP contribution in [0.5, 0.6) is 0 Å². The number of hydrogen-bond acceptors (Lipinski definition) is 3. The molecule has 1 heterocycles. The molecule has 8 heteroatoms. The van der Waals surface area contributed by atoms with Gasteiger partial charge in [0.05, 0.1) is 4.90 Å². The molecular weight excluding hydrogens is 422 g/mol. The molecule has 0 atom stereocenters. The van der Waals surface area contributed by atoms with Crippen LogP contribution in [0.1, 0.15) is 30.4 Å². The number of nitrogens with zero attached hydrogens (tertiary/aromatic N) is 1. The minimum Gasteiger partial charge on any atom is -0.338 e. The van der Waals surface area contributed by atoms with E-state index in [1.54, 1.807) is 28.6 Å². The van der Waals surface area contributed by atoms with Crippen molar-refractivity contribution in [1.82, 2.24) is 9.62 Å². The highest BCUT2D eigenvalue weighted by molar-refractivity contribution is 7.89. The summed E-state index contributed by atoms with van der Waals surface area (Å²) < 4.78 is 27.1. The molecule has 0 saturated carbocycles. The van der Waals surface area contributed by atoms with Gasteiger partial charge in [0.25, 0.3) is 0 Å². The second-order valence-corrected chi connectivity index (χ2v) is 10.2. The number of carbonyl (C=O) groups excluding carboxylic acids is 1. The Morgan fingerprint density at radius 2 is 1.77 bits per heavy atom. The number of piperidine rings is 1. The van der Waals surface area contributed by atoms with Gasteiger partial charge in [-0.15, -0.1) is 0 Å². The fourth-order valence-corrected chi connectivity index (χ4v) is 5.22. The van der Waals surface area contributed by atoms with Crippen LogP contribution in [-0.2, 0) is 10.0 Å². The quantitative estimate of drug-likeness (QED) is 0.678. The summed E-state index contributed by atoms with van der Waals surface area (Å²) in [5.41, 5.74) is 2.67. The SMILES string of the molecule is Cc1ccc(S(=O)(=O)N2CCC(CCNC(=O)Nc3cc(Cl)ccc3C)CC2)cc1. The zero-order valence-electron chi connectivity index (χ0n) is 17.3. The van der Waals surface area contributed by atoms with Crippen LogP contribution in [0.15, 0.2) is 47.4 Å². The summed E-state index contributed by atoms with van der Waals surface area (Å²) >= 11 is 5.98. The zero-order valence-corrected chi connectivity index (χ0v) is 18.9. The van der Waals surface area contributed by atoms with Crippen molar-refractivity contribution in [3.63, 3.8) is 0 Å². The Hall–Kier alpha value is -2.09. The molecule has 1 saturated heterocycles. The topological polar surface area (TPSA) is 78.5 Å². The number of anilines is 1.